The molecule has 1 aromatic carbocycles. The average molecular weight is 307 g/mol. The minimum Gasteiger partial charge on any atom is -0.467 e. The van der Waals surface area contributed by atoms with Crippen LogP contribution < -0.4 is 5.32 Å². The van der Waals surface area contributed by atoms with Crippen molar-refractivity contribution in [2.45, 2.75) is 13.0 Å². The average Bonchev–Trinajstić information content (AvgIpc) is 3.23. The predicted molar refractivity (Wildman–Crippen MR) is 87.6 cm³/mol. The largest absolute Gasteiger partial charge is 0.467 e. The second-order valence-electron chi connectivity index (χ2n) is 5.15. The van der Waals surface area contributed by atoms with Gasteiger partial charge in [-0.1, -0.05) is 30.3 Å². The monoisotopic (exact) mass is 307 g/mol. The molecule has 23 heavy (non-hydrogen) atoms. The van der Waals surface area contributed by atoms with E-state index in [-0.39, 0.29) is 11.9 Å². The van der Waals surface area contributed by atoms with E-state index >= 15 is 0 Å². The topological polar surface area (TPSA) is 55.4 Å². The highest BCUT2D eigenvalue weighted by Gasteiger charge is 2.18. The first-order valence-corrected chi connectivity index (χ1v) is 7.36. The highest BCUT2D eigenvalue weighted by molar-refractivity contribution is 5.91. The predicted octanol–water partition coefficient (Wildman–Crippen LogP) is 4.10. The van der Waals surface area contributed by atoms with Crippen LogP contribution in [0.15, 0.2) is 75.8 Å². The van der Waals surface area contributed by atoms with Crippen LogP contribution in [-0.2, 0) is 4.79 Å². The van der Waals surface area contributed by atoms with E-state index in [4.69, 9.17) is 8.83 Å². The van der Waals surface area contributed by atoms with Crippen LogP contribution in [0.4, 0.5) is 0 Å². The Hall–Kier alpha value is -3.01. The van der Waals surface area contributed by atoms with Crippen molar-refractivity contribution in [3.05, 3.63) is 89.8 Å². The minimum absolute atomic E-state index is 0.218. The third-order valence-corrected chi connectivity index (χ3v) is 3.41. The molecule has 2 aromatic heterocycles. The minimum atomic E-state index is -0.332. The molecule has 0 saturated carbocycles. The third kappa shape index (κ3) is 3.80. The lowest BCUT2D eigenvalue weighted by Crippen LogP contribution is -2.27. The van der Waals surface area contributed by atoms with Crippen molar-refractivity contribution >= 4 is 12.0 Å². The number of rotatable bonds is 5. The molecule has 1 N–H and O–H groups in total. The molecule has 0 aliphatic heterocycles. The van der Waals surface area contributed by atoms with E-state index in [1.165, 1.54) is 6.08 Å². The van der Waals surface area contributed by atoms with Gasteiger partial charge in [0.2, 0.25) is 5.91 Å². The normalized spacial score (nSPS) is 12.4. The van der Waals surface area contributed by atoms with Gasteiger partial charge in [0.05, 0.1) is 6.26 Å². The van der Waals surface area contributed by atoms with Crippen LogP contribution in [0.5, 0.6) is 0 Å². The first kappa shape index (κ1) is 14.9. The Bertz CT molecular complexity index is 785. The molecule has 3 aromatic rings. The smallest absolute Gasteiger partial charge is 0.244 e. The van der Waals surface area contributed by atoms with E-state index in [1.807, 2.05) is 55.5 Å². The van der Waals surface area contributed by atoms with Crippen LogP contribution in [0.25, 0.3) is 6.08 Å². The van der Waals surface area contributed by atoms with E-state index in [0.717, 1.165) is 11.3 Å². The molecule has 0 bridgehead atoms. The number of hydrogen-bond acceptors (Lipinski definition) is 3. The fourth-order valence-electron chi connectivity index (χ4n) is 2.31. The molecule has 0 fully saturated rings. The van der Waals surface area contributed by atoms with Crippen molar-refractivity contribution in [3.8, 4) is 0 Å². The maximum atomic E-state index is 12.2. The van der Waals surface area contributed by atoms with Gasteiger partial charge in [0.1, 0.15) is 23.3 Å². The molecule has 1 unspecified atom stereocenters. The summed E-state index contributed by atoms with van der Waals surface area (Å²) in [5, 5.41) is 2.95. The summed E-state index contributed by atoms with van der Waals surface area (Å²) in [5.41, 5.74) is 0.957. The second-order valence-corrected chi connectivity index (χ2v) is 5.15. The second kappa shape index (κ2) is 6.83. The summed E-state index contributed by atoms with van der Waals surface area (Å²) < 4.78 is 10.9. The molecule has 4 heteroatoms. The molecule has 0 saturated heterocycles. The first-order chi connectivity index (χ1) is 11.2. The molecule has 3 rings (SSSR count). The lowest BCUT2D eigenvalue weighted by Gasteiger charge is -2.16. The van der Waals surface area contributed by atoms with Crippen molar-refractivity contribution < 1.29 is 13.6 Å². The number of benzene rings is 1. The summed E-state index contributed by atoms with van der Waals surface area (Å²) in [7, 11) is 0. The van der Waals surface area contributed by atoms with Crippen LogP contribution in [0, 0.1) is 6.92 Å². The molecule has 116 valence electrons. The number of nitrogens with one attached hydrogen (secondary N) is 1. The van der Waals surface area contributed by atoms with Gasteiger partial charge in [-0.15, -0.1) is 0 Å². The van der Waals surface area contributed by atoms with E-state index < -0.39 is 0 Å². The fraction of sp³-hybridized carbons (Fsp3) is 0.105. The summed E-state index contributed by atoms with van der Waals surface area (Å²) >= 11 is 0. The van der Waals surface area contributed by atoms with Gasteiger partial charge in [-0.3, -0.25) is 4.79 Å². The summed E-state index contributed by atoms with van der Waals surface area (Å²) in [6, 6.07) is 16.7. The maximum Gasteiger partial charge on any atom is 0.244 e. The summed E-state index contributed by atoms with van der Waals surface area (Å²) in [4.78, 5) is 12.2. The van der Waals surface area contributed by atoms with Crippen molar-refractivity contribution in [1.29, 1.82) is 0 Å². The molecular weight excluding hydrogens is 290 g/mol. The zero-order valence-corrected chi connectivity index (χ0v) is 12.7. The number of amides is 1. The van der Waals surface area contributed by atoms with Crippen LogP contribution in [-0.4, -0.2) is 5.91 Å². The molecule has 0 aliphatic rings. The van der Waals surface area contributed by atoms with Gasteiger partial charge in [-0.25, -0.2) is 0 Å². The Morgan fingerprint density at radius 1 is 1.09 bits per heavy atom. The molecule has 0 spiro atoms. The molecule has 2 heterocycles. The van der Waals surface area contributed by atoms with Crippen LogP contribution in [0.3, 0.4) is 0 Å². The number of furan rings is 2. The Labute approximate surface area is 134 Å². The van der Waals surface area contributed by atoms with Crippen molar-refractivity contribution in [2.75, 3.05) is 0 Å². The lowest BCUT2D eigenvalue weighted by molar-refractivity contribution is -0.117. The van der Waals surface area contributed by atoms with Crippen molar-refractivity contribution in [1.82, 2.24) is 5.32 Å². The highest BCUT2D eigenvalue weighted by atomic mass is 16.3. The van der Waals surface area contributed by atoms with Crippen molar-refractivity contribution in [2.24, 2.45) is 0 Å². The standard InChI is InChI=1S/C19H17NO3/c1-14-9-10-16(23-14)11-12-18(21)20-19(17-8-5-13-22-17)15-6-3-2-4-7-15/h2-13,19H,1H3,(H,20,21). The van der Waals surface area contributed by atoms with E-state index in [9.17, 15) is 4.79 Å². The molecule has 1 amide bonds. The van der Waals surface area contributed by atoms with Gasteiger partial charge in [-0.2, -0.15) is 0 Å². The molecule has 1 atom stereocenters. The van der Waals surface area contributed by atoms with Crippen LogP contribution in [0.2, 0.25) is 0 Å². The number of aryl methyl sites for hydroxylation is 1. The Balaban J connectivity index is 1.76. The Kier molecular flexibility index (Phi) is 4.43. The Morgan fingerprint density at radius 2 is 1.91 bits per heavy atom. The highest BCUT2D eigenvalue weighted by Crippen LogP contribution is 2.22. The Morgan fingerprint density at radius 3 is 2.57 bits per heavy atom. The molecular formula is C19H17NO3. The van der Waals surface area contributed by atoms with Gasteiger partial charge >= 0.3 is 0 Å². The van der Waals surface area contributed by atoms with E-state index in [0.29, 0.717) is 11.5 Å². The van der Waals surface area contributed by atoms with Gasteiger partial charge in [-0.05, 0) is 42.8 Å². The van der Waals surface area contributed by atoms with Gasteiger partial charge in [0.15, 0.2) is 0 Å². The molecule has 0 aliphatic carbocycles. The number of carbonyl (C=O) groups is 1. The van der Waals surface area contributed by atoms with E-state index in [1.54, 1.807) is 18.4 Å². The van der Waals surface area contributed by atoms with Gasteiger partial charge < -0.3 is 14.2 Å². The van der Waals surface area contributed by atoms with E-state index in [2.05, 4.69) is 5.32 Å². The lowest BCUT2D eigenvalue weighted by atomic mass is 10.0. The number of carbonyl (C=O) groups excluding carboxylic acids is 1. The zero-order valence-electron chi connectivity index (χ0n) is 12.7. The third-order valence-electron chi connectivity index (χ3n) is 3.41. The van der Waals surface area contributed by atoms with Crippen LogP contribution in [0.1, 0.15) is 28.9 Å². The van der Waals surface area contributed by atoms with Crippen molar-refractivity contribution in [3.63, 3.8) is 0 Å². The zero-order chi connectivity index (χ0) is 16.1. The number of hydrogen-bond donors (Lipinski definition) is 1. The molecule has 4 nitrogen and oxygen atoms in total. The maximum absolute atomic E-state index is 12.2. The summed E-state index contributed by atoms with van der Waals surface area (Å²) in [6.07, 6.45) is 4.70. The SMILES string of the molecule is Cc1ccc(C=CC(=O)NC(c2ccccc2)c2ccco2)o1. The van der Waals surface area contributed by atoms with Gasteiger partial charge in [0.25, 0.3) is 0 Å². The molecule has 0 radical (unpaired) electrons. The van der Waals surface area contributed by atoms with Gasteiger partial charge in [0, 0.05) is 6.08 Å². The quantitative estimate of drug-likeness (QED) is 0.722. The van der Waals surface area contributed by atoms with Crippen LogP contribution >= 0.6 is 0 Å². The summed E-state index contributed by atoms with van der Waals surface area (Å²) in [5.74, 6) is 1.92. The fourth-order valence-corrected chi connectivity index (χ4v) is 2.31. The first-order valence-electron chi connectivity index (χ1n) is 7.36. The summed E-state index contributed by atoms with van der Waals surface area (Å²) in [6.45, 7) is 1.86.